The molecule has 5 atom stereocenters. The molecule has 0 aliphatic heterocycles. The third-order valence-corrected chi connectivity index (χ3v) is 7.73. The number of hydrogen-bond donors (Lipinski definition) is 2. The van der Waals surface area contributed by atoms with Crippen LogP contribution in [0.5, 0.6) is 5.75 Å². The smallest absolute Gasteiger partial charge is 0.349 e. The maximum Gasteiger partial charge on any atom is 0.349 e. The molecular weight excluding hydrogens is 465 g/mol. The first kappa shape index (κ1) is 25.2. The minimum absolute atomic E-state index is 0.0163. The number of nitrogens with one attached hydrogen (secondary N) is 1. The van der Waals surface area contributed by atoms with Gasteiger partial charge in [0.05, 0.1) is 0 Å². The molecule has 37 heavy (non-hydrogen) atoms. The molecule has 3 aromatic carbocycles. The fraction of sp³-hybridized carbons (Fsp3) is 0.344. The molecule has 5 rings (SSSR count). The number of benzene rings is 3. The Morgan fingerprint density at radius 3 is 2.54 bits per heavy atom. The number of carboxylic acids is 1. The second-order valence-electron chi connectivity index (χ2n) is 10.5. The van der Waals surface area contributed by atoms with Crippen LogP contribution >= 0.6 is 0 Å². The van der Waals surface area contributed by atoms with Gasteiger partial charge in [-0.25, -0.2) is 9.18 Å². The number of ether oxygens (including phenoxy) is 1. The van der Waals surface area contributed by atoms with Crippen LogP contribution < -0.4 is 20.5 Å². The van der Waals surface area contributed by atoms with Gasteiger partial charge in [0.1, 0.15) is 11.6 Å². The molecule has 2 aliphatic rings. The van der Waals surface area contributed by atoms with Crippen LogP contribution in [0.15, 0.2) is 66.7 Å². The summed E-state index contributed by atoms with van der Waals surface area (Å²) in [6.07, 6.45) is 7.73. The predicted molar refractivity (Wildman–Crippen MR) is 144 cm³/mol. The lowest BCUT2D eigenvalue weighted by atomic mass is 9.94. The Morgan fingerprint density at radius 1 is 1.03 bits per heavy atom. The van der Waals surface area contributed by atoms with Gasteiger partial charge in [0.25, 0.3) is 0 Å². The van der Waals surface area contributed by atoms with E-state index in [2.05, 4.69) is 49.5 Å². The van der Waals surface area contributed by atoms with Crippen LogP contribution in [0.2, 0.25) is 0 Å². The number of rotatable bonds is 8. The minimum Gasteiger partial charge on any atom is -0.478 e. The van der Waals surface area contributed by atoms with E-state index in [4.69, 9.17) is 4.74 Å². The van der Waals surface area contributed by atoms with Gasteiger partial charge in [0, 0.05) is 17.6 Å². The number of fused-ring (bicyclic) bond motifs is 1. The lowest BCUT2D eigenvalue weighted by Gasteiger charge is -2.22. The van der Waals surface area contributed by atoms with Crippen molar-refractivity contribution in [1.82, 2.24) is 5.32 Å². The van der Waals surface area contributed by atoms with Crippen molar-refractivity contribution in [1.29, 1.82) is 0 Å². The largest absolute Gasteiger partial charge is 0.478 e. The molecule has 1 saturated carbocycles. The van der Waals surface area contributed by atoms with Crippen molar-refractivity contribution in [2.45, 2.75) is 63.6 Å². The van der Waals surface area contributed by atoms with Crippen molar-refractivity contribution in [3.8, 4) is 5.75 Å². The molecule has 0 amide bonds. The summed E-state index contributed by atoms with van der Waals surface area (Å²) < 4.78 is 19.8. The Balaban J connectivity index is 1.22. The van der Waals surface area contributed by atoms with Gasteiger partial charge in [-0.2, -0.15) is 0 Å². The average Bonchev–Trinajstić information content (AvgIpc) is 3.36. The fourth-order valence-corrected chi connectivity index (χ4v) is 5.81. The summed E-state index contributed by atoms with van der Waals surface area (Å²) in [7, 11) is 0. The highest BCUT2D eigenvalue weighted by molar-refractivity contribution is 5.75. The second kappa shape index (κ2) is 10.9. The monoisotopic (exact) mass is 499 g/mol. The Hall–Kier alpha value is -3.44. The van der Waals surface area contributed by atoms with E-state index in [9.17, 15) is 14.3 Å². The van der Waals surface area contributed by atoms with Crippen LogP contribution in [0.25, 0.3) is 12.2 Å². The zero-order chi connectivity index (χ0) is 25.9. The van der Waals surface area contributed by atoms with Crippen LogP contribution in [-0.4, -0.2) is 17.1 Å². The topological polar surface area (TPSA) is 58.6 Å². The van der Waals surface area contributed by atoms with E-state index in [1.807, 2.05) is 12.1 Å². The lowest BCUT2D eigenvalue weighted by molar-refractivity contribution is -0.145. The predicted octanol–water partition coefficient (Wildman–Crippen LogP) is 5.62. The molecule has 0 radical (unpaired) electrons. The average molecular weight is 500 g/mol. The van der Waals surface area contributed by atoms with Crippen molar-refractivity contribution >= 4 is 18.1 Å². The van der Waals surface area contributed by atoms with Gasteiger partial charge < -0.3 is 15.2 Å². The molecule has 0 aromatic heterocycles. The van der Waals surface area contributed by atoms with E-state index >= 15 is 0 Å². The van der Waals surface area contributed by atoms with E-state index < -0.39 is 17.9 Å². The molecule has 3 unspecified atom stereocenters. The maximum atomic E-state index is 14.2. The molecule has 3 aromatic rings. The number of carbonyl (C=O) groups is 1. The number of carboxylic acid groups (broad SMARTS) is 1. The molecule has 0 heterocycles. The van der Waals surface area contributed by atoms with Crippen LogP contribution in [0.1, 0.15) is 74.3 Å². The SMILES string of the molecule is CC1C=c2cccc(C(C)N[C@H]3CC[C@@H](c4ccc(OC(C(=O)O)c5ccccc5F)cc4)C3)c2=CC1. The molecule has 192 valence electrons. The molecule has 0 saturated heterocycles. The zero-order valence-corrected chi connectivity index (χ0v) is 21.4. The molecule has 1 fully saturated rings. The van der Waals surface area contributed by atoms with Crippen LogP contribution in [-0.2, 0) is 4.79 Å². The zero-order valence-electron chi connectivity index (χ0n) is 21.4. The maximum absolute atomic E-state index is 14.2. The molecule has 0 bridgehead atoms. The summed E-state index contributed by atoms with van der Waals surface area (Å²) in [5.41, 5.74) is 2.60. The van der Waals surface area contributed by atoms with Crippen LogP contribution in [0, 0.1) is 11.7 Å². The summed E-state index contributed by atoms with van der Waals surface area (Å²) in [5.74, 6) is -0.375. The minimum atomic E-state index is -1.39. The molecule has 4 nitrogen and oxygen atoms in total. The highest BCUT2D eigenvalue weighted by Crippen LogP contribution is 2.36. The van der Waals surface area contributed by atoms with Crippen molar-refractivity contribution in [2.75, 3.05) is 0 Å². The number of aliphatic carboxylic acids is 1. The van der Waals surface area contributed by atoms with E-state index in [1.165, 1.54) is 39.8 Å². The molecule has 2 N–H and O–H groups in total. The summed E-state index contributed by atoms with van der Waals surface area (Å²) in [6, 6.07) is 20.8. The number of hydrogen-bond acceptors (Lipinski definition) is 3. The Kier molecular flexibility index (Phi) is 7.43. The van der Waals surface area contributed by atoms with E-state index in [0.717, 1.165) is 25.7 Å². The van der Waals surface area contributed by atoms with E-state index in [-0.39, 0.29) is 11.6 Å². The standard InChI is InChI=1S/C32H34FNO3/c1-20-10-17-28-24(18-20)6-5-8-27(28)21(2)34-25-14-11-23(19-25)22-12-15-26(16-13-22)37-31(32(35)36)29-7-3-4-9-30(29)33/h3-9,12-13,15-18,20-21,23,25,31,34H,10-11,14,19H2,1-2H3,(H,35,36)/t20?,21?,23-,25+,31?/m1/s1. The van der Waals surface area contributed by atoms with E-state index in [0.29, 0.717) is 23.6 Å². The van der Waals surface area contributed by atoms with Gasteiger partial charge in [0.2, 0.25) is 6.10 Å². The van der Waals surface area contributed by atoms with Gasteiger partial charge >= 0.3 is 5.97 Å². The first-order valence-electron chi connectivity index (χ1n) is 13.2. The Bertz CT molecular complexity index is 1380. The number of halogens is 1. The highest BCUT2D eigenvalue weighted by atomic mass is 19.1. The van der Waals surface area contributed by atoms with Crippen molar-refractivity contribution in [2.24, 2.45) is 5.92 Å². The van der Waals surface area contributed by atoms with Gasteiger partial charge in [-0.3, -0.25) is 0 Å². The van der Waals surface area contributed by atoms with Crippen molar-refractivity contribution < 1.29 is 19.0 Å². The van der Waals surface area contributed by atoms with Gasteiger partial charge in [0.15, 0.2) is 0 Å². The van der Waals surface area contributed by atoms with Crippen molar-refractivity contribution in [3.05, 3.63) is 99.7 Å². The first-order chi connectivity index (χ1) is 17.9. The quantitative estimate of drug-likeness (QED) is 0.423. The fourth-order valence-electron chi connectivity index (χ4n) is 5.81. The van der Waals surface area contributed by atoms with Crippen molar-refractivity contribution in [3.63, 3.8) is 0 Å². The molecule has 0 spiro atoms. The van der Waals surface area contributed by atoms with Crippen LogP contribution in [0.4, 0.5) is 4.39 Å². The molecule has 2 aliphatic carbocycles. The summed E-state index contributed by atoms with van der Waals surface area (Å²) in [5, 5.41) is 16.2. The normalized spacial score (nSPS) is 22.3. The van der Waals surface area contributed by atoms with Gasteiger partial charge in [-0.05, 0) is 84.2 Å². The Labute approximate surface area is 217 Å². The summed E-state index contributed by atoms with van der Waals surface area (Å²) >= 11 is 0. The van der Waals surface area contributed by atoms with Crippen LogP contribution in [0.3, 0.4) is 0 Å². The second-order valence-corrected chi connectivity index (χ2v) is 10.5. The van der Waals surface area contributed by atoms with Gasteiger partial charge in [-0.1, -0.05) is 67.6 Å². The highest BCUT2D eigenvalue weighted by Gasteiger charge is 2.28. The molecule has 5 heteroatoms. The molecular formula is C32H34FNO3. The third kappa shape index (κ3) is 5.62. The lowest BCUT2D eigenvalue weighted by Crippen LogP contribution is -2.38. The third-order valence-electron chi connectivity index (χ3n) is 7.73. The van der Waals surface area contributed by atoms with Gasteiger partial charge in [-0.15, -0.1) is 0 Å². The summed E-state index contributed by atoms with van der Waals surface area (Å²) in [4.78, 5) is 11.8. The summed E-state index contributed by atoms with van der Waals surface area (Å²) in [6.45, 7) is 4.52. The first-order valence-corrected chi connectivity index (χ1v) is 13.2. The Morgan fingerprint density at radius 2 is 1.78 bits per heavy atom. The van der Waals surface area contributed by atoms with E-state index in [1.54, 1.807) is 18.2 Å².